The lowest BCUT2D eigenvalue weighted by molar-refractivity contribution is -0.274. The van der Waals surface area contributed by atoms with Gasteiger partial charge in [0.05, 0.1) is 0 Å². The summed E-state index contributed by atoms with van der Waals surface area (Å²) >= 11 is 0. The molecule has 3 rings (SSSR count). The largest absolute Gasteiger partial charge is 0.573 e. The highest BCUT2D eigenvalue weighted by Crippen LogP contribution is 2.23. The van der Waals surface area contributed by atoms with Crippen molar-refractivity contribution in [1.29, 1.82) is 0 Å². The van der Waals surface area contributed by atoms with Crippen LogP contribution in [0.5, 0.6) is 5.75 Å². The number of rotatable bonds is 6. The standard InChI is InChI=1S/C21H19F3N2O3/c22-21(23,24)29-18-10-5-15(6-11-18)7-12-19(27)25-14-16-3-8-17(9-4-16)26-13-1-2-20(26)28/h3-12H,1-2,13-14H2,(H,25,27)/b12-7+. The van der Waals surface area contributed by atoms with Gasteiger partial charge in [-0.15, -0.1) is 13.2 Å². The molecule has 1 N–H and O–H groups in total. The van der Waals surface area contributed by atoms with E-state index in [1.54, 1.807) is 4.90 Å². The van der Waals surface area contributed by atoms with Gasteiger partial charge in [0.15, 0.2) is 0 Å². The third-order valence-corrected chi connectivity index (χ3v) is 4.33. The van der Waals surface area contributed by atoms with Crippen molar-refractivity contribution in [2.75, 3.05) is 11.4 Å². The van der Waals surface area contributed by atoms with Crippen molar-refractivity contribution < 1.29 is 27.5 Å². The molecule has 1 aliphatic heterocycles. The summed E-state index contributed by atoms with van der Waals surface area (Å²) in [7, 11) is 0. The van der Waals surface area contributed by atoms with Gasteiger partial charge in [0.25, 0.3) is 0 Å². The molecule has 5 nitrogen and oxygen atoms in total. The molecule has 1 fully saturated rings. The van der Waals surface area contributed by atoms with Crippen molar-refractivity contribution in [3.05, 3.63) is 65.7 Å². The third-order valence-electron chi connectivity index (χ3n) is 4.33. The van der Waals surface area contributed by atoms with Crippen molar-refractivity contribution in [1.82, 2.24) is 5.32 Å². The van der Waals surface area contributed by atoms with Gasteiger partial charge in [-0.25, -0.2) is 0 Å². The fourth-order valence-corrected chi connectivity index (χ4v) is 2.92. The molecule has 29 heavy (non-hydrogen) atoms. The number of nitrogens with zero attached hydrogens (tertiary/aromatic N) is 1. The quantitative estimate of drug-likeness (QED) is 0.740. The van der Waals surface area contributed by atoms with Crippen molar-refractivity contribution >= 4 is 23.6 Å². The predicted molar refractivity (Wildman–Crippen MR) is 102 cm³/mol. The lowest BCUT2D eigenvalue weighted by atomic mass is 10.2. The average Bonchev–Trinajstić information content (AvgIpc) is 3.11. The van der Waals surface area contributed by atoms with E-state index in [0.29, 0.717) is 18.5 Å². The average molecular weight is 404 g/mol. The molecular weight excluding hydrogens is 385 g/mol. The summed E-state index contributed by atoms with van der Waals surface area (Å²) in [5.74, 6) is -0.535. The van der Waals surface area contributed by atoms with Crippen LogP contribution in [0.15, 0.2) is 54.6 Å². The van der Waals surface area contributed by atoms with Gasteiger partial charge < -0.3 is 15.0 Å². The Morgan fingerprint density at radius 3 is 2.38 bits per heavy atom. The van der Waals surface area contributed by atoms with Gasteiger partial charge in [-0.05, 0) is 47.9 Å². The van der Waals surface area contributed by atoms with Crippen LogP contribution in [0.25, 0.3) is 6.08 Å². The molecule has 1 heterocycles. The Labute approximate surface area is 165 Å². The first-order valence-corrected chi connectivity index (χ1v) is 9.01. The molecular formula is C21H19F3N2O3. The summed E-state index contributed by atoms with van der Waals surface area (Å²) in [6, 6.07) is 12.6. The van der Waals surface area contributed by atoms with Crippen LogP contribution in [0, 0.1) is 0 Å². The SMILES string of the molecule is O=C(/C=C/c1ccc(OC(F)(F)F)cc1)NCc1ccc(N2CCCC2=O)cc1. The maximum atomic E-state index is 12.1. The van der Waals surface area contributed by atoms with E-state index >= 15 is 0 Å². The fraction of sp³-hybridized carbons (Fsp3) is 0.238. The Morgan fingerprint density at radius 2 is 1.79 bits per heavy atom. The van der Waals surface area contributed by atoms with E-state index in [0.717, 1.165) is 24.2 Å². The molecule has 2 aromatic carbocycles. The minimum atomic E-state index is -4.74. The summed E-state index contributed by atoms with van der Waals surface area (Å²) in [4.78, 5) is 25.4. The number of hydrogen-bond acceptors (Lipinski definition) is 3. The molecule has 152 valence electrons. The minimum Gasteiger partial charge on any atom is -0.406 e. The minimum absolute atomic E-state index is 0.120. The van der Waals surface area contributed by atoms with Crippen LogP contribution < -0.4 is 15.0 Å². The number of amides is 2. The number of benzene rings is 2. The second-order valence-electron chi connectivity index (χ2n) is 6.48. The Balaban J connectivity index is 1.48. The van der Waals surface area contributed by atoms with Gasteiger partial charge in [0.2, 0.25) is 11.8 Å². The molecule has 0 saturated carbocycles. The summed E-state index contributed by atoms with van der Waals surface area (Å²) in [5, 5.41) is 2.73. The Hall–Kier alpha value is -3.29. The molecule has 0 bridgehead atoms. The van der Waals surface area contributed by atoms with Crippen LogP contribution in [0.2, 0.25) is 0 Å². The Kier molecular flexibility index (Phi) is 6.21. The molecule has 0 aromatic heterocycles. The first-order chi connectivity index (χ1) is 13.8. The van der Waals surface area contributed by atoms with Gasteiger partial charge in [-0.3, -0.25) is 9.59 Å². The lowest BCUT2D eigenvalue weighted by Crippen LogP contribution is -2.23. The number of nitrogens with one attached hydrogen (secondary N) is 1. The molecule has 2 amide bonds. The van der Waals surface area contributed by atoms with Gasteiger partial charge in [0, 0.05) is 31.3 Å². The highest BCUT2D eigenvalue weighted by atomic mass is 19.4. The van der Waals surface area contributed by atoms with Crippen LogP contribution in [0.4, 0.5) is 18.9 Å². The summed E-state index contributed by atoms with van der Waals surface area (Å²) in [5.41, 5.74) is 2.30. The molecule has 0 atom stereocenters. The van der Waals surface area contributed by atoms with Crippen molar-refractivity contribution in [2.45, 2.75) is 25.7 Å². The van der Waals surface area contributed by atoms with E-state index in [9.17, 15) is 22.8 Å². The Morgan fingerprint density at radius 1 is 1.10 bits per heavy atom. The maximum Gasteiger partial charge on any atom is 0.573 e. The van der Waals surface area contributed by atoms with E-state index in [1.165, 1.54) is 36.4 Å². The normalized spacial score (nSPS) is 14.4. The lowest BCUT2D eigenvalue weighted by Gasteiger charge is -2.15. The van der Waals surface area contributed by atoms with E-state index in [2.05, 4.69) is 10.1 Å². The van der Waals surface area contributed by atoms with Crippen molar-refractivity contribution in [3.8, 4) is 5.75 Å². The molecule has 1 aliphatic rings. The number of hydrogen-bond donors (Lipinski definition) is 1. The third kappa shape index (κ3) is 6.10. The predicted octanol–water partition coefficient (Wildman–Crippen LogP) is 4.04. The number of ether oxygens (including phenoxy) is 1. The monoisotopic (exact) mass is 404 g/mol. The van der Waals surface area contributed by atoms with Crippen LogP contribution in [-0.4, -0.2) is 24.7 Å². The first kappa shape index (κ1) is 20.4. The summed E-state index contributed by atoms with van der Waals surface area (Å²) in [6.07, 6.45) is -0.506. The summed E-state index contributed by atoms with van der Waals surface area (Å²) in [6.45, 7) is 1.04. The van der Waals surface area contributed by atoms with E-state index in [4.69, 9.17) is 0 Å². The molecule has 8 heteroatoms. The molecule has 0 radical (unpaired) electrons. The van der Waals surface area contributed by atoms with Crippen molar-refractivity contribution in [3.63, 3.8) is 0 Å². The number of anilines is 1. The zero-order valence-electron chi connectivity index (χ0n) is 15.4. The smallest absolute Gasteiger partial charge is 0.406 e. The van der Waals surface area contributed by atoms with E-state index < -0.39 is 6.36 Å². The summed E-state index contributed by atoms with van der Waals surface area (Å²) < 4.78 is 40.2. The molecule has 2 aromatic rings. The molecule has 0 unspecified atom stereocenters. The number of carbonyl (C=O) groups is 2. The van der Waals surface area contributed by atoms with Crippen LogP contribution >= 0.6 is 0 Å². The highest BCUT2D eigenvalue weighted by molar-refractivity contribution is 5.95. The Bertz CT molecular complexity index is 891. The number of halogens is 3. The zero-order valence-corrected chi connectivity index (χ0v) is 15.4. The fourth-order valence-electron chi connectivity index (χ4n) is 2.92. The molecule has 0 spiro atoms. The second-order valence-corrected chi connectivity index (χ2v) is 6.48. The number of carbonyl (C=O) groups excluding carboxylic acids is 2. The van der Waals surface area contributed by atoms with Gasteiger partial charge in [-0.2, -0.15) is 0 Å². The van der Waals surface area contributed by atoms with E-state index in [1.807, 2.05) is 24.3 Å². The van der Waals surface area contributed by atoms with E-state index in [-0.39, 0.29) is 17.6 Å². The van der Waals surface area contributed by atoms with Crippen LogP contribution in [0.3, 0.4) is 0 Å². The highest BCUT2D eigenvalue weighted by Gasteiger charge is 2.30. The van der Waals surface area contributed by atoms with Gasteiger partial charge in [0.1, 0.15) is 5.75 Å². The maximum absolute atomic E-state index is 12.1. The van der Waals surface area contributed by atoms with Crippen molar-refractivity contribution in [2.24, 2.45) is 0 Å². The van der Waals surface area contributed by atoms with Crippen LogP contribution in [0.1, 0.15) is 24.0 Å². The molecule has 0 aliphatic carbocycles. The van der Waals surface area contributed by atoms with Crippen LogP contribution in [-0.2, 0) is 16.1 Å². The topological polar surface area (TPSA) is 58.6 Å². The number of alkyl halides is 3. The molecule has 1 saturated heterocycles. The second kappa shape index (κ2) is 8.81. The van der Waals surface area contributed by atoms with Gasteiger partial charge in [-0.1, -0.05) is 24.3 Å². The first-order valence-electron chi connectivity index (χ1n) is 9.01. The zero-order chi connectivity index (χ0) is 20.9. The van der Waals surface area contributed by atoms with Gasteiger partial charge >= 0.3 is 6.36 Å².